The van der Waals surface area contributed by atoms with E-state index in [1.807, 2.05) is 6.07 Å². The number of carbonyl (C=O) groups is 2. The fourth-order valence-corrected chi connectivity index (χ4v) is 1.85. The van der Waals surface area contributed by atoms with Crippen LogP contribution in [0.25, 0.3) is 0 Å². The van der Waals surface area contributed by atoms with E-state index < -0.39 is 23.5 Å². The molecule has 0 bridgehead atoms. The van der Waals surface area contributed by atoms with Crippen LogP contribution in [0, 0.1) is 5.41 Å². The van der Waals surface area contributed by atoms with Gasteiger partial charge in [-0.15, -0.1) is 0 Å². The second kappa shape index (κ2) is 6.61. The number of halogens is 1. The second-order valence-corrected chi connectivity index (χ2v) is 5.96. The van der Waals surface area contributed by atoms with Crippen LogP contribution in [0.5, 0.6) is 0 Å². The number of hydrogen-bond donors (Lipinski definition) is 3. The van der Waals surface area contributed by atoms with Crippen molar-refractivity contribution in [2.75, 3.05) is 0 Å². The van der Waals surface area contributed by atoms with Gasteiger partial charge in [-0.3, -0.25) is 0 Å². The minimum Gasteiger partial charge on any atom is -0.480 e. The van der Waals surface area contributed by atoms with Crippen LogP contribution in [0.15, 0.2) is 24.3 Å². The van der Waals surface area contributed by atoms with Crippen LogP contribution in [0.1, 0.15) is 26.3 Å². The summed E-state index contributed by atoms with van der Waals surface area (Å²) in [4.78, 5) is 22.9. The molecule has 1 rings (SSSR count). The van der Waals surface area contributed by atoms with Gasteiger partial charge in [-0.2, -0.15) is 0 Å². The third-order valence-corrected chi connectivity index (χ3v) is 3.15. The predicted molar refractivity (Wildman–Crippen MR) is 77.7 cm³/mol. The number of urea groups is 1. The highest BCUT2D eigenvalue weighted by molar-refractivity contribution is 6.31. The number of amides is 2. The third kappa shape index (κ3) is 4.74. The molecule has 0 saturated carbocycles. The summed E-state index contributed by atoms with van der Waals surface area (Å²) < 4.78 is 0. The van der Waals surface area contributed by atoms with E-state index in [1.165, 1.54) is 0 Å². The van der Waals surface area contributed by atoms with E-state index in [2.05, 4.69) is 10.6 Å². The lowest BCUT2D eigenvalue weighted by Crippen LogP contribution is -2.52. The quantitative estimate of drug-likeness (QED) is 0.799. The molecule has 0 aliphatic rings. The van der Waals surface area contributed by atoms with Crippen molar-refractivity contribution >= 4 is 23.6 Å². The Hall–Kier alpha value is -1.75. The van der Waals surface area contributed by atoms with Gasteiger partial charge in [-0.25, -0.2) is 9.59 Å². The number of rotatable bonds is 4. The highest BCUT2D eigenvalue weighted by Gasteiger charge is 2.32. The third-order valence-electron chi connectivity index (χ3n) is 2.79. The van der Waals surface area contributed by atoms with Crippen molar-refractivity contribution < 1.29 is 14.7 Å². The first-order chi connectivity index (χ1) is 9.21. The van der Waals surface area contributed by atoms with Crippen LogP contribution in [0.4, 0.5) is 4.79 Å². The van der Waals surface area contributed by atoms with Crippen molar-refractivity contribution in [2.24, 2.45) is 5.41 Å². The minimum absolute atomic E-state index is 0.238. The van der Waals surface area contributed by atoms with E-state index in [1.54, 1.807) is 39.0 Å². The van der Waals surface area contributed by atoms with Gasteiger partial charge in [0.1, 0.15) is 6.04 Å². The van der Waals surface area contributed by atoms with Crippen molar-refractivity contribution in [1.29, 1.82) is 0 Å². The average molecular weight is 299 g/mol. The molecule has 0 saturated heterocycles. The van der Waals surface area contributed by atoms with Gasteiger partial charge in [0.05, 0.1) is 0 Å². The Kier molecular flexibility index (Phi) is 5.39. The molecule has 1 aromatic carbocycles. The Balaban J connectivity index is 2.60. The van der Waals surface area contributed by atoms with E-state index in [0.29, 0.717) is 5.02 Å². The van der Waals surface area contributed by atoms with Crippen LogP contribution in [-0.4, -0.2) is 23.1 Å². The summed E-state index contributed by atoms with van der Waals surface area (Å²) in [5.41, 5.74) is 0.194. The monoisotopic (exact) mass is 298 g/mol. The molecule has 1 atom stereocenters. The molecule has 0 radical (unpaired) electrons. The molecule has 0 aromatic heterocycles. The van der Waals surface area contributed by atoms with E-state index in [9.17, 15) is 9.59 Å². The number of aliphatic carboxylic acids is 1. The van der Waals surface area contributed by atoms with Crippen LogP contribution in [0.3, 0.4) is 0 Å². The molecule has 0 spiro atoms. The molecule has 0 aliphatic heterocycles. The Morgan fingerprint density at radius 3 is 2.40 bits per heavy atom. The van der Waals surface area contributed by atoms with Gasteiger partial charge in [-0.05, 0) is 17.0 Å². The van der Waals surface area contributed by atoms with Gasteiger partial charge in [0.15, 0.2) is 0 Å². The minimum atomic E-state index is -1.06. The normalized spacial score (nSPS) is 12.6. The molecule has 2 amide bonds. The van der Waals surface area contributed by atoms with E-state index in [4.69, 9.17) is 16.7 Å². The molecule has 0 heterocycles. The molecule has 20 heavy (non-hydrogen) atoms. The summed E-state index contributed by atoms with van der Waals surface area (Å²) in [5.74, 6) is -1.06. The highest BCUT2D eigenvalue weighted by Crippen LogP contribution is 2.19. The lowest BCUT2D eigenvalue weighted by molar-refractivity contribution is -0.141. The highest BCUT2D eigenvalue weighted by atomic mass is 35.5. The summed E-state index contributed by atoms with van der Waals surface area (Å²) in [5, 5.41) is 14.7. The van der Waals surface area contributed by atoms with Gasteiger partial charge in [0, 0.05) is 11.6 Å². The first-order valence-electron chi connectivity index (χ1n) is 6.22. The maximum atomic E-state index is 11.8. The van der Waals surface area contributed by atoms with Crippen molar-refractivity contribution in [3.05, 3.63) is 34.9 Å². The van der Waals surface area contributed by atoms with Crippen molar-refractivity contribution in [2.45, 2.75) is 33.4 Å². The number of hydrogen-bond acceptors (Lipinski definition) is 2. The smallest absolute Gasteiger partial charge is 0.326 e. The largest absolute Gasteiger partial charge is 0.480 e. The molecule has 0 aliphatic carbocycles. The maximum Gasteiger partial charge on any atom is 0.326 e. The Morgan fingerprint density at radius 1 is 1.30 bits per heavy atom. The second-order valence-electron chi connectivity index (χ2n) is 5.56. The summed E-state index contributed by atoms with van der Waals surface area (Å²) in [6, 6.07) is 5.63. The average Bonchev–Trinajstić information content (AvgIpc) is 2.33. The Morgan fingerprint density at radius 2 is 1.90 bits per heavy atom. The number of carboxylic acid groups (broad SMARTS) is 1. The molecule has 1 aromatic rings. The van der Waals surface area contributed by atoms with Gasteiger partial charge in [-0.1, -0.05) is 50.6 Å². The molecule has 6 heteroatoms. The topological polar surface area (TPSA) is 78.4 Å². The van der Waals surface area contributed by atoms with Gasteiger partial charge >= 0.3 is 12.0 Å². The summed E-state index contributed by atoms with van der Waals surface area (Å²) >= 11 is 5.97. The first kappa shape index (κ1) is 16.3. The van der Waals surface area contributed by atoms with Gasteiger partial charge in [0.25, 0.3) is 0 Å². The Labute approximate surface area is 123 Å². The zero-order valence-electron chi connectivity index (χ0n) is 11.7. The van der Waals surface area contributed by atoms with Crippen molar-refractivity contribution in [3.63, 3.8) is 0 Å². The summed E-state index contributed by atoms with van der Waals surface area (Å²) in [6.45, 7) is 5.49. The predicted octanol–water partition coefficient (Wildman–Crippen LogP) is 2.64. The van der Waals surface area contributed by atoms with Crippen molar-refractivity contribution in [1.82, 2.24) is 10.6 Å². The SMILES string of the molecule is CC(C)(C)[C@@H](NC(=O)NCc1ccccc1Cl)C(=O)O. The number of nitrogens with one attached hydrogen (secondary N) is 2. The fourth-order valence-electron chi connectivity index (χ4n) is 1.65. The van der Waals surface area contributed by atoms with Crippen LogP contribution < -0.4 is 10.6 Å². The van der Waals surface area contributed by atoms with Gasteiger partial charge < -0.3 is 15.7 Å². The molecule has 3 N–H and O–H groups in total. The molecule has 0 fully saturated rings. The van der Waals surface area contributed by atoms with Crippen LogP contribution in [0.2, 0.25) is 5.02 Å². The number of carboxylic acids is 1. The molecule has 0 unspecified atom stereocenters. The molecular weight excluding hydrogens is 280 g/mol. The van der Waals surface area contributed by atoms with Crippen LogP contribution in [-0.2, 0) is 11.3 Å². The zero-order valence-corrected chi connectivity index (χ0v) is 12.5. The van der Waals surface area contributed by atoms with E-state index in [-0.39, 0.29) is 6.54 Å². The van der Waals surface area contributed by atoms with Gasteiger partial charge in [0.2, 0.25) is 0 Å². The number of carbonyl (C=O) groups excluding carboxylic acids is 1. The fraction of sp³-hybridized carbons (Fsp3) is 0.429. The zero-order chi connectivity index (χ0) is 15.3. The molecular formula is C14H19ClN2O3. The lowest BCUT2D eigenvalue weighted by Gasteiger charge is -2.27. The lowest BCUT2D eigenvalue weighted by atomic mass is 9.87. The molecule has 5 nitrogen and oxygen atoms in total. The van der Waals surface area contributed by atoms with Crippen LogP contribution >= 0.6 is 11.6 Å². The van der Waals surface area contributed by atoms with E-state index in [0.717, 1.165) is 5.56 Å². The summed E-state index contributed by atoms with van der Waals surface area (Å²) in [6.07, 6.45) is 0. The van der Waals surface area contributed by atoms with E-state index >= 15 is 0 Å². The summed E-state index contributed by atoms with van der Waals surface area (Å²) in [7, 11) is 0. The first-order valence-corrected chi connectivity index (χ1v) is 6.60. The molecule has 110 valence electrons. The standard InChI is InChI=1S/C14H19ClN2O3/c1-14(2,3)11(12(18)19)17-13(20)16-8-9-6-4-5-7-10(9)15/h4-7,11H,8H2,1-3H3,(H,18,19)(H2,16,17,20)/t11-/m0/s1. The van der Waals surface area contributed by atoms with Crippen molar-refractivity contribution in [3.8, 4) is 0 Å². The Bertz CT molecular complexity index is 497. The number of benzene rings is 1. The maximum absolute atomic E-state index is 11.8.